The molecule has 1 aromatic heterocycles. The van der Waals surface area contributed by atoms with E-state index in [9.17, 15) is 4.79 Å². The van der Waals surface area contributed by atoms with Gasteiger partial charge in [0.1, 0.15) is 6.61 Å². The first kappa shape index (κ1) is 23.0. The zero-order valence-electron chi connectivity index (χ0n) is 19.6. The summed E-state index contributed by atoms with van der Waals surface area (Å²) in [7, 11) is 3.73. The third kappa shape index (κ3) is 4.88. The summed E-state index contributed by atoms with van der Waals surface area (Å²) < 4.78 is 13.8. The first-order valence-electron chi connectivity index (χ1n) is 11.4. The Labute approximate surface area is 208 Å². The molecule has 178 valence electrons. The smallest absolute Gasteiger partial charge is 0.233 e. The molecule has 7 nitrogen and oxygen atoms in total. The van der Waals surface area contributed by atoms with E-state index in [4.69, 9.17) is 9.47 Å². The Kier molecular flexibility index (Phi) is 6.72. The van der Waals surface area contributed by atoms with Crippen LogP contribution in [0.1, 0.15) is 29.1 Å². The van der Waals surface area contributed by atoms with Crippen molar-refractivity contribution in [1.29, 1.82) is 0 Å². The summed E-state index contributed by atoms with van der Waals surface area (Å²) in [5.41, 5.74) is 2.13. The van der Waals surface area contributed by atoms with E-state index in [1.165, 1.54) is 11.8 Å². The molecule has 0 N–H and O–H groups in total. The second kappa shape index (κ2) is 10.2. The number of thioether (sulfide) groups is 1. The number of para-hydroxylation sites is 2. The molecule has 35 heavy (non-hydrogen) atoms. The van der Waals surface area contributed by atoms with Crippen LogP contribution in [0.4, 0.5) is 0 Å². The largest absolute Gasteiger partial charge is 0.485 e. The molecule has 0 spiro atoms. The zero-order chi connectivity index (χ0) is 24.2. The van der Waals surface area contributed by atoms with E-state index in [0.717, 1.165) is 16.9 Å². The average molecular weight is 487 g/mol. The van der Waals surface area contributed by atoms with Gasteiger partial charge in [-0.2, -0.15) is 0 Å². The monoisotopic (exact) mass is 486 g/mol. The van der Waals surface area contributed by atoms with E-state index in [2.05, 4.69) is 10.2 Å². The van der Waals surface area contributed by atoms with Crippen LogP contribution in [0.5, 0.6) is 11.5 Å². The summed E-state index contributed by atoms with van der Waals surface area (Å²) in [4.78, 5) is 15.1. The molecular weight excluding hydrogens is 460 g/mol. The van der Waals surface area contributed by atoms with Gasteiger partial charge in [0.2, 0.25) is 5.91 Å². The number of amides is 1. The molecule has 0 aliphatic carbocycles. The number of carbonyl (C=O) groups is 1. The highest BCUT2D eigenvalue weighted by atomic mass is 32.2. The number of nitrogens with zero attached hydrogens (tertiary/aromatic N) is 4. The molecule has 1 unspecified atom stereocenters. The van der Waals surface area contributed by atoms with Gasteiger partial charge >= 0.3 is 0 Å². The summed E-state index contributed by atoms with van der Waals surface area (Å²) in [6.45, 7) is 0.352. The van der Waals surface area contributed by atoms with E-state index in [-0.39, 0.29) is 23.8 Å². The molecule has 1 aliphatic heterocycles. The SMILES string of the molecule is CN(C(=O)CSc1nnc(C2COc3ccccc3O2)n1C)C(c1ccccc1)c1ccccc1. The Balaban J connectivity index is 1.28. The Hall–Kier alpha value is -3.78. The van der Waals surface area contributed by atoms with Crippen LogP contribution in [0.15, 0.2) is 90.1 Å². The molecule has 1 atom stereocenters. The Morgan fingerprint density at radius 1 is 0.971 bits per heavy atom. The highest BCUT2D eigenvalue weighted by Crippen LogP contribution is 2.36. The van der Waals surface area contributed by atoms with Crippen molar-refractivity contribution in [3.05, 3.63) is 102 Å². The van der Waals surface area contributed by atoms with Gasteiger partial charge in [-0.25, -0.2) is 0 Å². The van der Waals surface area contributed by atoms with Crippen LogP contribution >= 0.6 is 11.8 Å². The maximum absolute atomic E-state index is 13.3. The van der Waals surface area contributed by atoms with Gasteiger partial charge in [-0.05, 0) is 23.3 Å². The molecule has 8 heteroatoms. The van der Waals surface area contributed by atoms with Gasteiger partial charge in [0.25, 0.3) is 0 Å². The van der Waals surface area contributed by atoms with E-state index in [0.29, 0.717) is 23.3 Å². The molecule has 0 bridgehead atoms. The number of fused-ring (bicyclic) bond motifs is 1. The number of hydrogen-bond donors (Lipinski definition) is 0. The van der Waals surface area contributed by atoms with E-state index in [1.54, 1.807) is 4.90 Å². The van der Waals surface area contributed by atoms with Crippen molar-refractivity contribution in [3.63, 3.8) is 0 Å². The van der Waals surface area contributed by atoms with Crippen LogP contribution in [0.3, 0.4) is 0 Å². The van der Waals surface area contributed by atoms with Gasteiger partial charge < -0.3 is 18.9 Å². The molecule has 0 saturated carbocycles. The van der Waals surface area contributed by atoms with Gasteiger partial charge in [0.05, 0.1) is 11.8 Å². The number of benzene rings is 3. The number of ether oxygens (including phenoxy) is 2. The molecule has 1 amide bonds. The number of hydrogen-bond acceptors (Lipinski definition) is 6. The lowest BCUT2D eigenvalue weighted by atomic mass is 9.97. The van der Waals surface area contributed by atoms with Crippen molar-refractivity contribution in [2.24, 2.45) is 7.05 Å². The normalized spacial score (nSPS) is 14.7. The fourth-order valence-corrected chi connectivity index (χ4v) is 5.00. The van der Waals surface area contributed by atoms with Crippen LogP contribution in [-0.4, -0.2) is 45.0 Å². The minimum Gasteiger partial charge on any atom is -0.485 e. The number of carbonyl (C=O) groups excluding carboxylic acids is 1. The highest BCUT2D eigenvalue weighted by molar-refractivity contribution is 7.99. The van der Waals surface area contributed by atoms with Gasteiger partial charge in [0, 0.05) is 14.1 Å². The lowest BCUT2D eigenvalue weighted by Gasteiger charge is -2.29. The zero-order valence-corrected chi connectivity index (χ0v) is 20.4. The molecule has 2 heterocycles. The molecule has 1 aliphatic rings. The fourth-order valence-electron chi connectivity index (χ4n) is 4.16. The summed E-state index contributed by atoms with van der Waals surface area (Å²) in [5.74, 6) is 2.31. The third-order valence-corrected chi connectivity index (χ3v) is 7.01. The second-order valence-electron chi connectivity index (χ2n) is 8.28. The van der Waals surface area contributed by atoms with Crippen LogP contribution in [-0.2, 0) is 11.8 Å². The minimum atomic E-state index is -0.365. The standard InChI is InChI=1S/C27H26N4O3S/c1-30(25(19-11-5-3-6-12-19)20-13-7-4-8-14-20)24(32)18-35-27-29-28-26(31(27)2)23-17-33-21-15-9-10-16-22(21)34-23/h3-16,23,25H,17-18H2,1-2H3. The van der Waals surface area contributed by atoms with Crippen LogP contribution in [0.25, 0.3) is 0 Å². The summed E-state index contributed by atoms with van der Waals surface area (Å²) in [6, 6.07) is 27.5. The lowest BCUT2D eigenvalue weighted by molar-refractivity contribution is -0.128. The molecule has 0 fully saturated rings. The second-order valence-corrected chi connectivity index (χ2v) is 9.22. The Bertz CT molecular complexity index is 1260. The van der Waals surface area contributed by atoms with Crippen LogP contribution in [0.2, 0.25) is 0 Å². The van der Waals surface area contributed by atoms with Crippen molar-refractivity contribution in [2.45, 2.75) is 17.3 Å². The topological polar surface area (TPSA) is 69.5 Å². The fraction of sp³-hybridized carbons (Fsp3) is 0.222. The van der Waals surface area contributed by atoms with E-state index >= 15 is 0 Å². The van der Waals surface area contributed by atoms with Gasteiger partial charge in [-0.1, -0.05) is 84.6 Å². The molecule has 0 radical (unpaired) electrons. The summed E-state index contributed by atoms with van der Waals surface area (Å²) in [5, 5.41) is 9.29. The predicted octanol–water partition coefficient (Wildman–Crippen LogP) is 4.67. The van der Waals surface area contributed by atoms with Gasteiger partial charge in [0.15, 0.2) is 28.6 Å². The number of rotatable bonds is 7. The molecule has 4 aromatic rings. The predicted molar refractivity (Wildman–Crippen MR) is 135 cm³/mol. The van der Waals surface area contributed by atoms with Crippen LogP contribution in [0, 0.1) is 0 Å². The maximum Gasteiger partial charge on any atom is 0.233 e. The summed E-state index contributed by atoms with van der Waals surface area (Å²) >= 11 is 1.36. The maximum atomic E-state index is 13.3. The van der Waals surface area contributed by atoms with Crippen molar-refractivity contribution in [3.8, 4) is 11.5 Å². The molecule has 5 rings (SSSR count). The summed E-state index contributed by atoms with van der Waals surface area (Å²) in [6.07, 6.45) is -0.365. The van der Waals surface area contributed by atoms with Crippen LogP contribution < -0.4 is 9.47 Å². The van der Waals surface area contributed by atoms with Crippen molar-refractivity contribution < 1.29 is 14.3 Å². The third-order valence-electron chi connectivity index (χ3n) is 6.00. The Morgan fingerprint density at radius 3 is 2.23 bits per heavy atom. The number of aromatic nitrogens is 3. The van der Waals surface area contributed by atoms with Gasteiger partial charge in [-0.15, -0.1) is 10.2 Å². The first-order chi connectivity index (χ1) is 17.1. The molecule has 0 saturated heterocycles. The Morgan fingerprint density at radius 2 is 1.57 bits per heavy atom. The van der Waals surface area contributed by atoms with E-state index in [1.807, 2.05) is 104 Å². The highest BCUT2D eigenvalue weighted by Gasteiger charge is 2.28. The molecule has 3 aromatic carbocycles. The lowest BCUT2D eigenvalue weighted by Crippen LogP contribution is -2.33. The van der Waals surface area contributed by atoms with Crippen molar-refractivity contribution in [1.82, 2.24) is 19.7 Å². The molecular formula is C27H26N4O3S. The van der Waals surface area contributed by atoms with Crippen molar-refractivity contribution >= 4 is 17.7 Å². The van der Waals surface area contributed by atoms with E-state index < -0.39 is 0 Å². The minimum absolute atomic E-state index is 0.00318. The first-order valence-corrected chi connectivity index (χ1v) is 12.4. The van der Waals surface area contributed by atoms with Gasteiger partial charge in [-0.3, -0.25) is 4.79 Å². The average Bonchev–Trinajstić information content (AvgIpc) is 3.28. The quantitative estimate of drug-likeness (QED) is 0.354. The van der Waals surface area contributed by atoms with Crippen molar-refractivity contribution in [2.75, 3.05) is 19.4 Å².